The van der Waals surface area contributed by atoms with E-state index in [0.29, 0.717) is 19.2 Å². The molecule has 0 radical (unpaired) electrons. The minimum absolute atomic E-state index is 0.111. The second kappa shape index (κ2) is 9.33. The highest BCUT2D eigenvalue weighted by atomic mass is 32.1. The SMILES string of the molecule is C=C(C)CN(CC)[C@H]1CCc2c(sc3ncn(CCCOC(C)C)c(=O)c23)C1. The number of aromatic nitrogens is 2. The molecule has 28 heavy (non-hydrogen) atoms. The van der Waals surface area contributed by atoms with Crippen molar-refractivity contribution in [2.45, 2.75) is 72.1 Å². The Morgan fingerprint density at radius 2 is 2.29 bits per heavy atom. The second-order valence-corrected chi connectivity index (χ2v) is 9.20. The fraction of sp³-hybridized carbons (Fsp3) is 0.636. The molecule has 1 aliphatic carbocycles. The maximum absolute atomic E-state index is 13.1. The molecule has 5 nitrogen and oxygen atoms in total. The summed E-state index contributed by atoms with van der Waals surface area (Å²) in [6.45, 7) is 15.7. The van der Waals surface area contributed by atoms with Gasteiger partial charge in [0.1, 0.15) is 4.83 Å². The van der Waals surface area contributed by atoms with Crippen LogP contribution in [-0.4, -0.2) is 46.3 Å². The molecule has 0 amide bonds. The molecule has 0 aromatic carbocycles. The lowest BCUT2D eigenvalue weighted by atomic mass is 9.92. The first kappa shape index (κ1) is 21.2. The third kappa shape index (κ3) is 4.73. The van der Waals surface area contributed by atoms with Crippen LogP contribution >= 0.6 is 11.3 Å². The number of likely N-dealkylation sites (N-methyl/N-ethyl adjacent to an activating group) is 1. The quantitative estimate of drug-likeness (QED) is 0.468. The Morgan fingerprint density at radius 1 is 1.50 bits per heavy atom. The number of fused-ring (bicyclic) bond motifs is 3. The Kier molecular flexibility index (Phi) is 7.07. The third-order valence-corrected chi connectivity index (χ3v) is 6.56. The van der Waals surface area contributed by atoms with Gasteiger partial charge in [0.2, 0.25) is 0 Å². The summed E-state index contributed by atoms with van der Waals surface area (Å²) in [7, 11) is 0. The average molecular weight is 404 g/mol. The highest BCUT2D eigenvalue weighted by molar-refractivity contribution is 7.18. The normalized spacial score (nSPS) is 16.9. The van der Waals surface area contributed by atoms with E-state index in [-0.39, 0.29) is 11.7 Å². The van der Waals surface area contributed by atoms with Crippen LogP contribution in [0.2, 0.25) is 0 Å². The molecule has 0 fully saturated rings. The van der Waals surface area contributed by atoms with Crippen molar-refractivity contribution in [1.82, 2.24) is 14.5 Å². The summed E-state index contributed by atoms with van der Waals surface area (Å²) in [6.07, 6.45) is 5.83. The van der Waals surface area contributed by atoms with Gasteiger partial charge in [-0.25, -0.2) is 4.98 Å². The van der Waals surface area contributed by atoms with Gasteiger partial charge in [-0.15, -0.1) is 11.3 Å². The first-order chi connectivity index (χ1) is 13.4. The molecule has 2 aromatic rings. The van der Waals surface area contributed by atoms with Crippen LogP contribution in [0.3, 0.4) is 0 Å². The predicted molar refractivity (Wildman–Crippen MR) is 117 cm³/mol. The number of thiophene rings is 1. The van der Waals surface area contributed by atoms with Crippen molar-refractivity contribution >= 4 is 21.6 Å². The molecule has 1 aliphatic rings. The molecule has 2 aromatic heterocycles. The largest absolute Gasteiger partial charge is 0.379 e. The van der Waals surface area contributed by atoms with Gasteiger partial charge in [0, 0.05) is 30.6 Å². The fourth-order valence-electron chi connectivity index (χ4n) is 4.05. The van der Waals surface area contributed by atoms with Crippen molar-refractivity contribution in [1.29, 1.82) is 0 Å². The van der Waals surface area contributed by atoms with Gasteiger partial charge in [0.05, 0.1) is 17.8 Å². The zero-order valence-electron chi connectivity index (χ0n) is 17.7. The summed E-state index contributed by atoms with van der Waals surface area (Å²) in [5.74, 6) is 0. The van der Waals surface area contributed by atoms with E-state index in [2.05, 4.69) is 30.3 Å². The molecule has 3 rings (SSSR count). The van der Waals surface area contributed by atoms with Gasteiger partial charge in [0.25, 0.3) is 5.56 Å². The number of ether oxygens (including phenoxy) is 1. The van der Waals surface area contributed by atoms with Crippen LogP contribution in [0.25, 0.3) is 10.2 Å². The van der Waals surface area contributed by atoms with E-state index in [1.54, 1.807) is 22.2 Å². The topological polar surface area (TPSA) is 47.4 Å². The smallest absolute Gasteiger partial charge is 0.262 e. The molecule has 0 N–H and O–H groups in total. The zero-order valence-corrected chi connectivity index (χ0v) is 18.5. The van der Waals surface area contributed by atoms with Crippen molar-refractivity contribution in [3.63, 3.8) is 0 Å². The Hall–Kier alpha value is -1.50. The summed E-state index contributed by atoms with van der Waals surface area (Å²) in [5.41, 5.74) is 2.56. The van der Waals surface area contributed by atoms with Gasteiger partial charge in [-0.05, 0) is 58.6 Å². The lowest BCUT2D eigenvalue weighted by Gasteiger charge is -2.33. The van der Waals surface area contributed by atoms with Crippen molar-refractivity contribution in [2.75, 3.05) is 19.7 Å². The number of rotatable bonds is 9. The lowest BCUT2D eigenvalue weighted by Crippen LogP contribution is -2.39. The number of hydrogen-bond acceptors (Lipinski definition) is 5. The molecule has 6 heteroatoms. The van der Waals surface area contributed by atoms with E-state index in [1.807, 2.05) is 13.8 Å². The van der Waals surface area contributed by atoms with Crippen molar-refractivity contribution in [2.24, 2.45) is 0 Å². The van der Waals surface area contributed by atoms with E-state index in [9.17, 15) is 4.79 Å². The van der Waals surface area contributed by atoms with E-state index >= 15 is 0 Å². The maximum atomic E-state index is 13.1. The van der Waals surface area contributed by atoms with Gasteiger partial charge >= 0.3 is 0 Å². The van der Waals surface area contributed by atoms with E-state index in [1.165, 1.54) is 16.0 Å². The molecule has 0 unspecified atom stereocenters. The van der Waals surface area contributed by atoms with Crippen molar-refractivity contribution in [3.8, 4) is 0 Å². The van der Waals surface area contributed by atoms with E-state index in [0.717, 1.165) is 49.0 Å². The molecule has 154 valence electrons. The Labute approximate surface area is 172 Å². The van der Waals surface area contributed by atoms with Crippen LogP contribution in [0.5, 0.6) is 0 Å². The monoisotopic (exact) mass is 403 g/mol. The first-order valence-corrected chi connectivity index (χ1v) is 11.2. The van der Waals surface area contributed by atoms with Gasteiger partial charge in [-0.1, -0.05) is 19.1 Å². The fourth-order valence-corrected chi connectivity index (χ4v) is 5.30. The Morgan fingerprint density at radius 3 is 2.96 bits per heavy atom. The zero-order chi connectivity index (χ0) is 20.3. The maximum Gasteiger partial charge on any atom is 0.262 e. The second-order valence-electron chi connectivity index (χ2n) is 8.12. The summed E-state index contributed by atoms with van der Waals surface area (Å²) < 4.78 is 7.35. The minimum atomic E-state index is 0.111. The average Bonchev–Trinajstić information content (AvgIpc) is 3.02. The van der Waals surface area contributed by atoms with Crippen LogP contribution in [0.4, 0.5) is 0 Å². The standard InChI is InChI=1S/C22H33N3O2S/c1-6-24(13-15(2)3)17-8-9-18-19(12-17)28-21-20(18)22(26)25(14-23-21)10-7-11-27-16(4)5/h14,16-17H,2,6-13H2,1,3-5H3/t17-/m0/s1. The molecule has 2 heterocycles. The summed E-state index contributed by atoms with van der Waals surface area (Å²) in [4.78, 5) is 22.4. The van der Waals surface area contributed by atoms with E-state index in [4.69, 9.17) is 4.74 Å². The molecular formula is C22H33N3O2S. The number of nitrogens with zero attached hydrogens (tertiary/aromatic N) is 3. The first-order valence-electron chi connectivity index (χ1n) is 10.4. The number of hydrogen-bond donors (Lipinski definition) is 0. The van der Waals surface area contributed by atoms with Crippen LogP contribution in [0.1, 0.15) is 51.0 Å². The van der Waals surface area contributed by atoms with Gasteiger partial charge in [-0.2, -0.15) is 0 Å². The molecule has 0 spiro atoms. The molecular weight excluding hydrogens is 370 g/mol. The highest BCUT2D eigenvalue weighted by Crippen LogP contribution is 2.35. The third-order valence-electron chi connectivity index (χ3n) is 5.40. The summed E-state index contributed by atoms with van der Waals surface area (Å²) in [6, 6.07) is 0.526. The molecule has 1 atom stereocenters. The minimum Gasteiger partial charge on any atom is -0.379 e. The van der Waals surface area contributed by atoms with Crippen molar-refractivity contribution < 1.29 is 4.74 Å². The van der Waals surface area contributed by atoms with E-state index < -0.39 is 0 Å². The van der Waals surface area contributed by atoms with Crippen LogP contribution in [0.15, 0.2) is 23.3 Å². The summed E-state index contributed by atoms with van der Waals surface area (Å²) in [5, 5.41) is 0.855. The van der Waals surface area contributed by atoms with Crippen molar-refractivity contribution in [3.05, 3.63) is 39.3 Å². The lowest BCUT2D eigenvalue weighted by molar-refractivity contribution is 0.0747. The molecule has 0 saturated carbocycles. The summed E-state index contributed by atoms with van der Waals surface area (Å²) >= 11 is 1.71. The number of aryl methyl sites for hydroxylation is 2. The van der Waals surface area contributed by atoms with Gasteiger partial charge in [-0.3, -0.25) is 14.3 Å². The molecule has 0 bridgehead atoms. The highest BCUT2D eigenvalue weighted by Gasteiger charge is 2.28. The molecule has 0 aliphatic heterocycles. The Bertz CT molecular complexity index is 884. The molecule has 0 saturated heterocycles. The van der Waals surface area contributed by atoms with Crippen LogP contribution in [-0.2, 0) is 24.1 Å². The van der Waals surface area contributed by atoms with Crippen LogP contribution in [0, 0.1) is 0 Å². The predicted octanol–water partition coefficient (Wildman–Crippen LogP) is 4.03. The van der Waals surface area contributed by atoms with Gasteiger partial charge in [0.15, 0.2) is 0 Å². The Balaban J connectivity index is 1.79. The van der Waals surface area contributed by atoms with Gasteiger partial charge < -0.3 is 4.74 Å². The van der Waals surface area contributed by atoms with Crippen LogP contribution < -0.4 is 5.56 Å².